The molecule has 0 aromatic rings. The minimum atomic E-state index is -0.368. The molecule has 1 saturated heterocycles. The van der Waals surface area contributed by atoms with Gasteiger partial charge in [0.05, 0.1) is 12.1 Å². The smallest absolute Gasteiger partial charge is 0.241 e. The predicted octanol–water partition coefficient (Wildman–Crippen LogP) is 1.02. The second-order valence-corrected chi connectivity index (χ2v) is 5.76. The first-order chi connectivity index (χ1) is 8.22. The number of rotatable bonds is 2. The minimum absolute atomic E-state index is 0.0356. The van der Waals surface area contributed by atoms with E-state index >= 15 is 0 Å². The van der Waals surface area contributed by atoms with Gasteiger partial charge in [0.1, 0.15) is 6.04 Å². The van der Waals surface area contributed by atoms with E-state index < -0.39 is 0 Å². The third kappa shape index (κ3) is 1.73. The fourth-order valence-corrected chi connectivity index (χ4v) is 3.58. The second-order valence-electron chi connectivity index (χ2n) is 5.76. The van der Waals surface area contributed by atoms with Gasteiger partial charge in [-0.2, -0.15) is 5.26 Å². The highest BCUT2D eigenvalue weighted by molar-refractivity contribution is 5.83. The van der Waals surface area contributed by atoms with E-state index in [1.54, 1.807) is 4.90 Å². The first kappa shape index (κ1) is 11.0. The number of nitriles is 1. The van der Waals surface area contributed by atoms with Crippen molar-refractivity contribution in [2.24, 2.45) is 17.6 Å². The van der Waals surface area contributed by atoms with Crippen LogP contribution in [0, 0.1) is 23.2 Å². The molecule has 2 unspecified atom stereocenters. The number of carbonyl (C=O) groups excluding carboxylic acids is 1. The molecule has 0 radical (unpaired) electrons. The highest BCUT2D eigenvalue weighted by Crippen LogP contribution is 2.48. The number of fused-ring (bicyclic) bond motifs is 1. The molecule has 2 aliphatic carbocycles. The van der Waals surface area contributed by atoms with Gasteiger partial charge in [0.25, 0.3) is 0 Å². The van der Waals surface area contributed by atoms with E-state index in [0.29, 0.717) is 17.9 Å². The van der Waals surface area contributed by atoms with Crippen molar-refractivity contribution in [3.63, 3.8) is 0 Å². The van der Waals surface area contributed by atoms with Crippen molar-refractivity contribution in [1.82, 2.24) is 4.90 Å². The molecule has 3 rings (SSSR count). The van der Waals surface area contributed by atoms with E-state index in [2.05, 4.69) is 6.07 Å². The third-order valence-electron chi connectivity index (χ3n) is 4.70. The Morgan fingerprint density at radius 3 is 2.71 bits per heavy atom. The standard InChI is InChI=1S/C13H19N3O/c14-7-10-5-9-6-11(9)16(10)13(17)12(15)8-3-1-2-4-8/h8-12H,1-6,15H2/t9-,10?,11+,12?/m1/s1. The molecule has 0 aromatic carbocycles. The lowest BCUT2D eigenvalue weighted by Gasteiger charge is -2.28. The zero-order valence-electron chi connectivity index (χ0n) is 10.0. The zero-order chi connectivity index (χ0) is 12.0. The lowest BCUT2D eigenvalue weighted by Crippen LogP contribution is -2.50. The van der Waals surface area contributed by atoms with E-state index in [9.17, 15) is 4.79 Å². The minimum Gasteiger partial charge on any atom is -0.322 e. The highest BCUT2D eigenvalue weighted by atomic mass is 16.2. The summed E-state index contributed by atoms with van der Waals surface area (Å²) in [6, 6.07) is 2.01. The largest absolute Gasteiger partial charge is 0.322 e. The molecule has 92 valence electrons. The molecule has 4 nitrogen and oxygen atoms in total. The van der Waals surface area contributed by atoms with Crippen LogP contribution in [0.2, 0.25) is 0 Å². The van der Waals surface area contributed by atoms with Crippen LogP contribution in [0.15, 0.2) is 0 Å². The molecule has 0 aromatic heterocycles. The van der Waals surface area contributed by atoms with Crippen molar-refractivity contribution in [2.75, 3.05) is 0 Å². The summed E-state index contributed by atoms with van der Waals surface area (Å²) in [7, 11) is 0. The number of piperidine rings is 1. The first-order valence-electron chi connectivity index (χ1n) is 6.69. The van der Waals surface area contributed by atoms with Gasteiger partial charge in [0, 0.05) is 6.04 Å². The van der Waals surface area contributed by atoms with Crippen LogP contribution in [-0.2, 0) is 4.79 Å². The lowest BCUT2D eigenvalue weighted by molar-refractivity contribution is -0.134. The summed E-state index contributed by atoms with van der Waals surface area (Å²) in [5.74, 6) is 0.965. The van der Waals surface area contributed by atoms with Crippen LogP contribution in [-0.4, -0.2) is 28.9 Å². The van der Waals surface area contributed by atoms with E-state index in [1.165, 1.54) is 12.8 Å². The van der Waals surface area contributed by atoms with Crippen molar-refractivity contribution >= 4 is 5.91 Å². The number of nitrogens with two attached hydrogens (primary N) is 1. The van der Waals surface area contributed by atoms with Gasteiger partial charge in [-0.1, -0.05) is 12.8 Å². The summed E-state index contributed by atoms with van der Waals surface area (Å²) < 4.78 is 0. The molecule has 0 bridgehead atoms. The Labute approximate surface area is 102 Å². The van der Waals surface area contributed by atoms with E-state index in [0.717, 1.165) is 25.7 Å². The van der Waals surface area contributed by atoms with Crippen molar-refractivity contribution in [2.45, 2.75) is 56.7 Å². The third-order valence-corrected chi connectivity index (χ3v) is 4.70. The molecular formula is C13H19N3O. The summed E-state index contributed by atoms with van der Waals surface area (Å²) in [6.45, 7) is 0. The van der Waals surface area contributed by atoms with Gasteiger partial charge in [-0.3, -0.25) is 4.79 Å². The molecule has 1 amide bonds. The molecule has 2 N–H and O–H groups in total. The van der Waals surface area contributed by atoms with Crippen LogP contribution < -0.4 is 5.73 Å². The number of likely N-dealkylation sites (tertiary alicyclic amines) is 1. The maximum Gasteiger partial charge on any atom is 0.241 e. The summed E-state index contributed by atoms with van der Waals surface area (Å²) in [6.07, 6.45) is 6.49. The van der Waals surface area contributed by atoms with E-state index in [4.69, 9.17) is 11.0 Å². The Kier molecular flexibility index (Phi) is 2.59. The Morgan fingerprint density at radius 1 is 1.35 bits per heavy atom. The highest BCUT2D eigenvalue weighted by Gasteiger charge is 2.55. The van der Waals surface area contributed by atoms with Crippen LogP contribution in [0.1, 0.15) is 38.5 Å². The molecule has 0 spiro atoms. The Bertz CT molecular complexity index is 369. The average Bonchev–Trinajstić information content (AvgIpc) is 2.83. The van der Waals surface area contributed by atoms with Gasteiger partial charge < -0.3 is 10.6 Å². The summed E-state index contributed by atoms with van der Waals surface area (Å²) in [5, 5.41) is 9.09. The maximum absolute atomic E-state index is 12.4. The molecule has 17 heavy (non-hydrogen) atoms. The van der Waals surface area contributed by atoms with Crippen LogP contribution in [0.25, 0.3) is 0 Å². The fourth-order valence-electron chi connectivity index (χ4n) is 3.58. The predicted molar refractivity (Wildman–Crippen MR) is 62.7 cm³/mol. The van der Waals surface area contributed by atoms with Gasteiger partial charge in [0.15, 0.2) is 0 Å². The summed E-state index contributed by atoms with van der Waals surface area (Å²) in [5.41, 5.74) is 6.10. The fraction of sp³-hybridized carbons (Fsp3) is 0.846. The molecule has 4 heteroatoms. The maximum atomic E-state index is 12.4. The molecule has 3 fully saturated rings. The van der Waals surface area contributed by atoms with Crippen LogP contribution in [0.5, 0.6) is 0 Å². The summed E-state index contributed by atoms with van der Waals surface area (Å²) in [4.78, 5) is 14.2. The van der Waals surface area contributed by atoms with Crippen molar-refractivity contribution in [1.29, 1.82) is 5.26 Å². The van der Waals surface area contributed by atoms with E-state index in [-0.39, 0.29) is 18.0 Å². The van der Waals surface area contributed by atoms with Gasteiger partial charge in [0.2, 0.25) is 5.91 Å². The van der Waals surface area contributed by atoms with Crippen molar-refractivity contribution in [3.8, 4) is 6.07 Å². The van der Waals surface area contributed by atoms with Gasteiger partial charge in [-0.25, -0.2) is 0 Å². The SMILES string of the molecule is N#CC1C[C@@H]2C[C@@H]2N1C(=O)C(N)C1CCCC1. The second kappa shape index (κ2) is 3.99. The van der Waals surface area contributed by atoms with Crippen LogP contribution >= 0.6 is 0 Å². The molecule has 4 atom stereocenters. The Balaban J connectivity index is 1.70. The summed E-state index contributed by atoms with van der Waals surface area (Å²) >= 11 is 0. The molecule has 2 saturated carbocycles. The Hall–Kier alpha value is -1.08. The molecule has 3 aliphatic rings. The normalized spacial score (nSPS) is 37.6. The number of nitrogens with zero attached hydrogens (tertiary/aromatic N) is 2. The van der Waals surface area contributed by atoms with Crippen LogP contribution in [0.4, 0.5) is 0 Å². The lowest BCUT2D eigenvalue weighted by atomic mass is 9.97. The number of amides is 1. The number of carbonyl (C=O) groups is 1. The van der Waals surface area contributed by atoms with E-state index in [1.807, 2.05) is 0 Å². The van der Waals surface area contributed by atoms with Gasteiger partial charge in [-0.15, -0.1) is 0 Å². The average molecular weight is 233 g/mol. The number of hydrogen-bond donors (Lipinski definition) is 1. The van der Waals surface area contributed by atoms with Crippen molar-refractivity contribution in [3.05, 3.63) is 0 Å². The van der Waals surface area contributed by atoms with Gasteiger partial charge >= 0.3 is 0 Å². The Morgan fingerprint density at radius 2 is 2.06 bits per heavy atom. The monoisotopic (exact) mass is 233 g/mol. The first-order valence-corrected chi connectivity index (χ1v) is 6.69. The molecule has 1 heterocycles. The molecular weight excluding hydrogens is 214 g/mol. The van der Waals surface area contributed by atoms with Gasteiger partial charge in [-0.05, 0) is 37.5 Å². The van der Waals surface area contributed by atoms with Crippen LogP contribution in [0.3, 0.4) is 0 Å². The topological polar surface area (TPSA) is 70.1 Å². The number of hydrogen-bond acceptors (Lipinski definition) is 3. The molecule has 1 aliphatic heterocycles. The zero-order valence-corrected chi connectivity index (χ0v) is 10.0. The quantitative estimate of drug-likeness (QED) is 0.774. The van der Waals surface area contributed by atoms with Crippen molar-refractivity contribution < 1.29 is 4.79 Å².